The fraction of sp³-hybridized carbons (Fsp3) is 0.357. The van der Waals surface area contributed by atoms with E-state index in [1.807, 2.05) is 0 Å². The molecule has 14 heteroatoms. The number of aliphatic imine (C=N–C) groups is 1. The Morgan fingerprint density at radius 1 is 1.25 bits per heavy atom. The highest BCUT2D eigenvalue weighted by Crippen LogP contribution is 2.36. The van der Waals surface area contributed by atoms with E-state index in [1.165, 1.54) is 12.1 Å². The summed E-state index contributed by atoms with van der Waals surface area (Å²) in [5.41, 5.74) is 0.0792. The number of benzene rings is 1. The van der Waals surface area contributed by atoms with Crippen LogP contribution in [0.1, 0.15) is 17.7 Å². The van der Waals surface area contributed by atoms with Gasteiger partial charge in [0.25, 0.3) is 0 Å². The third kappa shape index (κ3) is 6.17. The van der Waals surface area contributed by atoms with E-state index in [0.29, 0.717) is 6.42 Å². The first-order valence-corrected chi connectivity index (χ1v) is 9.67. The molecule has 0 aliphatic rings. The zero-order valence-electron chi connectivity index (χ0n) is 14.5. The summed E-state index contributed by atoms with van der Waals surface area (Å²) in [4.78, 5) is 3.76. The number of hydroxylamine groups is 1. The number of hydrogen-bond acceptors (Lipinski definition) is 8. The summed E-state index contributed by atoms with van der Waals surface area (Å²) in [5, 5.41) is 19.1. The fourth-order valence-corrected chi connectivity index (χ4v) is 2.59. The molecule has 1 heterocycles. The Labute approximate surface area is 157 Å². The molecule has 0 saturated heterocycles. The number of hydrogen-bond donors (Lipinski definition) is 4. The SMILES string of the molecule is CS(=O)(=O)NCCCNc1nonc1C(=Nc1ccccc1C(F)(F)F)NO. The van der Waals surface area contributed by atoms with Crippen LogP contribution in [-0.2, 0) is 16.2 Å². The van der Waals surface area contributed by atoms with Crippen molar-refractivity contribution < 1.29 is 31.4 Å². The Morgan fingerprint density at radius 2 is 1.96 bits per heavy atom. The molecule has 10 nitrogen and oxygen atoms in total. The second kappa shape index (κ2) is 8.99. The van der Waals surface area contributed by atoms with Crippen molar-refractivity contribution in [2.45, 2.75) is 12.6 Å². The second-order valence-corrected chi connectivity index (χ2v) is 7.33. The lowest BCUT2D eigenvalue weighted by atomic mass is 10.2. The zero-order valence-corrected chi connectivity index (χ0v) is 15.3. The lowest BCUT2D eigenvalue weighted by Gasteiger charge is -2.10. The number of aromatic nitrogens is 2. The van der Waals surface area contributed by atoms with Gasteiger partial charge >= 0.3 is 6.18 Å². The predicted octanol–water partition coefficient (Wildman–Crippen LogP) is 1.50. The third-order valence-electron chi connectivity index (χ3n) is 3.27. The molecule has 154 valence electrons. The van der Waals surface area contributed by atoms with Gasteiger partial charge in [0.2, 0.25) is 15.8 Å². The van der Waals surface area contributed by atoms with Crippen molar-refractivity contribution in [3.63, 3.8) is 0 Å². The smallest absolute Gasteiger partial charge is 0.365 e. The van der Waals surface area contributed by atoms with Gasteiger partial charge in [-0.2, -0.15) is 13.2 Å². The van der Waals surface area contributed by atoms with E-state index in [1.54, 1.807) is 5.48 Å². The quantitative estimate of drug-likeness (QED) is 0.217. The van der Waals surface area contributed by atoms with Gasteiger partial charge in [-0.1, -0.05) is 12.1 Å². The molecule has 0 unspecified atom stereocenters. The molecule has 0 amide bonds. The minimum Gasteiger partial charge on any atom is -0.365 e. The van der Waals surface area contributed by atoms with Gasteiger partial charge in [0, 0.05) is 13.1 Å². The Bertz CT molecular complexity index is 929. The highest BCUT2D eigenvalue weighted by Gasteiger charge is 2.33. The van der Waals surface area contributed by atoms with Crippen LogP contribution in [0.5, 0.6) is 0 Å². The largest absolute Gasteiger partial charge is 0.418 e. The minimum absolute atomic E-state index is 0.00384. The van der Waals surface area contributed by atoms with Crippen molar-refractivity contribution in [2.24, 2.45) is 4.99 Å². The molecule has 0 aliphatic carbocycles. The van der Waals surface area contributed by atoms with Crippen LogP contribution in [0, 0.1) is 0 Å². The van der Waals surface area contributed by atoms with Crippen LogP contribution in [0.2, 0.25) is 0 Å². The molecule has 0 aliphatic heterocycles. The Morgan fingerprint density at radius 3 is 2.61 bits per heavy atom. The van der Waals surface area contributed by atoms with Gasteiger partial charge in [-0.05, 0) is 28.9 Å². The van der Waals surface area contributed by atoms with E-state index in [-0.39, 0.29) is 24.6 Å². The fourth-order valence-electron chi connectivity index (χ4n) is 2.07. The zero-order chi connectivity index (χ0) is 20.8. The highest BCUT2D eigenvalue weighted by atomic mass is 32.2. The van der Waals surface area contributed by atoms with Crippen molar-refractivity contribution in [2.75, 3.05) is 24.7 Å². The van der Waals surface area contributed by atoms with Crippen LogP contribution >= 0.6 is 0 Å². The monoisotopic (exact) mass is 422 g/mol. The van der Waals surface area contributed by atoms with Gasteiger partial charge in [-0.15, -0.1) is 0 Å². The predicted molar refractivity (Wildman–Crippen MR) is 92.8 cm³/mol. The number of sulfonamides is 1. The van der Waals surface area contributed by atoms with E-state index in [4.69, 9.17) is 0 Å². The van der Waals surface area contributed by atoms with Crippen molar-refractivity contribution in [3.05, 3.63) is 35.5 Å². The normalized spacial score (nSPS) is 12.8. The lowest BCUT2D eigenvalue weighted by Crippen LogP contribution is -2.25. The number of anilines is 1. The molecule has 0 radical (unpaired) electrons. The molecule has 0 fully saturated rings. The third-order valence-corrected chi connectivity index (χ3v) is 4.00. The van der Waals surface area contributed by atoms with Gasteiger partial charge in [0.15, 0.2) is 11.5 Å². The van der Waals surface area contributed by atoms with E-state index >= 15 is 0 Å². The molecule has 1 aromatic heterocycles. The van der Waals surface area contributed by atoms with E-state index in [9.17, 15) is 26.8 Å². The molecular weight excluding hydrogens is 405 g/mol. The number of nitrogens with one attached hydrogen (secondary N) is 3. The van der Waals surface area contributed by atoms with Gasteiger partial charge < -0.3 is 5.32 Å². The van der Waals surface area contributed by atoms with Crippen LogP contribution in [0.15, 0.2) is 33.9 Å². The summed E-state index contributed by atoms with van der Waals surface area (Å²) in [6, 6.07) is 4.54. The van der Waals surface area contributed by atoms with Crippen LogP contribution in [0.25, 0.3) is 0 Å². The first-order valence-electron chi connectivity index (χ1n) is 7.78. The molecule has 28 heavy (non-hydrogen) atoms. The minimum atomic E-state index is -4.64. The molecule has 2 rings (SSSR count). The molecule has 1 aromatic carbocycles. The average molecular weight is 422 g/mol. The van der Waals surface area contributed by atoms with E-state index < -0.39 is 33.3 Å². The van der Waals surface area contributed by atoms with Gasteiger partial charge in [-0.3, -0.25) is 10.7 Å². The number of amidine groups is 1. The van der Waals surface area contributed by atoms with E-state index in [0.717, 1.165) is 18.4 Å². The summed E-state index contributed by atoms with van der Waals surface area (Å²) < 4.78 is 68.1. The van der Waals surface area contributed by atoms with Crippen LogP contribution < -0.4 is 15.5 Å². The number of para-hydroxylation sites is 1. The van der Waals surface area contributed by atoms with Crippen LogP contribution in [0.3, 0.4) is 0 Å². The lowest BCUT2D eigenvalue weighted by molar-refractivity contribution is -0.137. The number of nitrogens with zero attached hydrogens (tertiary/aromatic N) is 3. The van der Waals surface area contributed by atoms with Gasteiger partial charge in [0.05, 0.1) is 17.5 Å². The Hall–Kier alpha value is -2.71. The molecule has 4 N–H and O–H groups in total. The maximum Gasteiger partial charge on any atom is 0.418 e. The van der Waals surface area contributed by atoms with E-state index in [2.05, 4.69) is 30.0 Å². The highest BCUT2D eigenvalue weighted by molar-refractivity contribution is 7.88. The summed E-state index contributed by atoms with van der Waals surface area (Å²) in [6.45, 7) is 0.395. The Kier molecular flexibility index (Phi) is 6.93. The van der Waals surface area contributed by atoms with Gasteiger partial charge in [-0.25, -0.2) is 22.8 Å². The maximum absolute atomic E-state index is 13.1. The summed E-state index contributed by atoms with van der Waals surface area (Å²) in [7, 11) is -3.31. The second-order valence-electron chi connectivity index (χ2n) is 5.50. The van der Waals surface area contributed by atoms with Gasteiger partial charge in [0.1, 0.15) is 0 Å². The molecule has 0 bridgehead atoms. The molecular formula is C14H17F3N6O4S. The molecule has 0 spiro atoms. The Balaban J connectivity index is 2.16. The standard InChI is InChI=1S/C14H17F3N6O4S/c1-28(25,26)19-8-4-7-18-12-11(22-27-23-12)13(21-24)20-10-6-3-2-5-9(10)14(15,16)17/h2-3,5-6,19,24H,4,7-8H2,1H3,(H,18,23)(H,20,21). The van der Waals surface area contributed by atoms with Crippen molar-refractivity contribution in [1.29, 1.82) is 0 Å². The summed E-state index contributed by atoms with van der Waals surface area (Å²) >= 11 is 0. The van der Waals surface area contributed by atoms with Crippen molar-refractivity contribution in [1.82, 2.24) is 20.5 Å². The van der Waals surface area contributed by atoms with Crippen LogP contribution in [0.4, 0.5) is 24.7 Å². The molecule has 0 atom stereocenters. The van der Waals surface area contributed by atoms with Crippen LogP contribution in [-0.4, -0.2) is 49.1 Å². The molecule has 0 saturated carbocycles. The summed E-state index contributed by atoms with van der Waals surface area (Å²) in [5.74, 6) is -0.418. The molecule has 2 aromatic rings. The average Bonchev–Trinajstić information content (AvgIpc) is 3.06. The number of rotatable bonds is 8. The first kappa shape index (κ1) is 21.6. The topological polar surface area (TPSA) is 142 Å². The number of alkyl halides is 3. The van der Waals surface area contributed by atoms with Crippen molar-refractivity contribution in [3.8, 4) is 0 Å². The first-order chi connectivity index (χ1) is 13.1. The maximum atomic E-state index is 13.1. The van der Waals surface area contributed by atoms with Crippen molar-refractivity contribution >= 4 is 27.4 Å². The summed E-state index contributed by atoms with van der Waals surface area (Å²) in [6.07, 6.45) is -3.25. The number of halogens is 3.